The summed E-state index contributed by atoms with van der Waals surface area (Å²) < 4.78 is 13.8. The Morgan fingerprint density at radius 3 is 2.81 bits per heavy atom. The molecule has 2 rings (SSSR count). The second-order valence-electron chi connectivity index (χ2n) is 4.08. The fraction of sp³-hybridized carbons (Fsp3) is 0.0667. The number of hydrogen-bond acceptors (Lipinski definition) is 3. The lowest BCUT2D eigenvalue weighted by Gasteiger charge is -2.06. The molecule has 1 amide bonds. The Balaban J connectivity index is 2.20. The lowest BCUT2D eigenvalue weighted by atomic mass is 10.2. The maximum Gasteiger partial charge on any atom is 0.272 e. The van der Waals surface area contributed by atoms with Gasteiger partial charge in [0.2, 0.25) is 5.56 Å². The summed E-state index contributed by atoms with van der Waals surface area (Å²) in [6, 6.07) is 8.31. The molecule has 4 N–H and O–H groups in total. The van der Waals surface area contributed by atoms with Crippen LogP contribution in [0.15, 0.2) is 41.2 Å². The van der Waals surface area contributed by atoms with Gasteiger partial charge in [0.1, 0.15) is 11.5 Å². The van der Waals surface area contributed by atoms with Gasteiger partial charge in [0.05, 0.1) is 12.2 Å². The number of pyridine rings is 1. The second kappa shape index (κ2) is 6.50. The summed E-state index contributed by atoms with van der Waals surface area (Å²) in [5.41, 5.74) is 5.34. The van der Waals surface area contributed by atoms with Crippen molar-refractivity contribution in [3.63, 3.8) is 0 Å². The first kappa shape index (κ1) is 14.5. The third kappa shape index (κ3) is 3.78. The number of aromatic amines is 1. The van der Waals surface area contributed by atoms with Crippen LogP contribution in [-0.2, 0) is 0 Å². The number of H-pyrrole nitrogens is 1. The molecule has 1 aromatic carbocycles. The van der Waals surface area contributed by atoms with Crippen LogP contribution in [0.4, 0.5) is 10.1 Å². The molecule has 0 saturated carbocycles. The van der Waals surface area contributed by atoms with E-state index in [0.717, 1.165) is 0 Å². The van der Waals surface area contributed by atoms with Crippen LogP contribution in [0.25, 0.3) is 0 Å². The predicted octanol–water partition coefficient (Wildman–Crippen LogP) is 1.08. The molecule has 1 aromatic heterocycles. The van der Waals surface area contributed by atoms with Crippen LogP contribution >= 0.6 is 0 Å². The maximum absolute atomic E-state index is 13.8. The third-order valence-corrected chi connectivity index (χ3v) is 2.57. The molecule has 0 aliphatic heterocycles. The fourth-order valence-electron chi connectivity index (χ4n) is 1.62. The third-order valence-electron chi connectivity index (χ3n) is 2.57. The topological polar surface area (TPSA) is 88.0 Å². The molecule has 0 fully saturated rings. The SMILES string of the molecule is NCC#Cc1ccc(NC(=O)c2cccc(=O)[nH]2)c(F)c1. The maximum atomic E-state index is 13.8. The van der Waals surface area contributed by atoms with Gasteiger partial charge >= 0.3 is 0 Å². The molecule has 1 heterocycles. The van der Waals surface area contributed by atoms with Gasteiger partial charge in [-0.25, -0.2) is 4.39 Å². The second-order valence-corrected chi connectivity index (χ2v) is 4.08. The van der Waals surface area contributed by atoms with Crippen LogP contribution in [0, 0.1) is 17.7 Å². The predicted molar refractivity (Wildman–Crippen MR) is 77.3 cm³/mol. The van der Waals surface area contributed by atoms with Crippen LogP contribution in [0.2, 0.25) is 0 Å². The summed E-state index contributed by atoms with van der Waals surface area (Å²) in [7, 11) is 0. The number of halogens is 1. The van der Waals surface area contributed by atoms with Gasteiger partial charge in [0.15, 0.2) is 0 Å². The molecule has 106 valence electrons. The van der Waals surface area contributed by atoms with Crippen molar-refractivity contribution in [3.05, 3.63) is 63.8 Å². The minimum Gasteiger partial charge on any atom is -0.320 e. The highest BCUT2D eigenvalue weighted by Crippen LogP contribution is 2.16. The van der Waals surface area contributed by atoms with E-state index in [-0.39, 0.29) is 17.9 Å². The van der Waals surface area contributed by atoms with Gasteiger partial charge < -0.3 is 16.0 Å². The Hall–Kier alpha value is -2.91. The highest BCUT2D eigenvalue weighted by atomic mass is 19.1. The van der Waals surface area contributed by atoms with Gasteiger partial charge in [-0.1, -0.05) is 17.9 Å². The largest absolute Gasteiger partial charge is 0.320 e. The van der Waals surface area contributed by atoms with Crippen LogP contribution < -0.4 is 16.6 Å². The first-order chi connectivity index (χ1) is 10.1. The number of anilines is 1. The van der Waals surface area contributed by atoms with Crippen molar-refractivity contribution >= 4 is 11.6 Å². The zero-order valence-corrected chi connectivity index (χ0v) is 10.9. The van der Waals surface area contributed by atoms with Gasteiger partial charge in [-0.05, 0) is 24.3 Å². The van der Waals surface area contributed by atoms with Crippen molar-refractivity contribution in [2.24, 2.45) is 5.73 Å². The van der Waals surface area contributed by atoms with Crippen LogP contribution in [0.5, 0.6) is 0 Å². The smallest absolute Gasteiger partial charge is 0.272 e. The molecule has 0 spiro atoms. The van der Waals surface area contributed by atoms with E-state index < -0.39 is 17.3 Å². The van der Waals surface area contributed by atoms with Gasteiger partial charge in [0, 0.05) is 11.6 Å². The molecular formula is C15H12FN3O2. The molecule has 0 saturated heterocycles. The minimum atomic E-state index is -0.620. The van der Waals surface area contributed by atoms with Crippen molar-refractivity contribution in [1.29, 1.82) is 0 Å². The summed E-state index contributed by atoms with van der Waals surface area (Å²) in [4.78, 5) is 25.4. The van der Waals surface area contributed by atoms with Crippen LogP contribution in [0.3, 0.4) is 0 Å². The first-order valence-electron chi connectivity index (χ1n) is 6.09. The van der Waals surface area contributed by atoms with Gasteiger partial charge in [0.25, 0.3) is 5.91 Å². The molecule has 2 aromatic rings. The first-order valence-corrected chi connectivity index (χ1v) is 6.09. The monoisotopic (exact) mass is 285 g/mol. The van der Waals surface area contributed by atoms with Crippen molar-refractivity contribution < 1.29 is 9.18 Å². The molecule has 0 unspecified atom stereocenters. The van der Waals surface area contributed by atoms with E-state index in [9.17, 15) is 14.0 Å². The number of carbonyl (C=O) groups is 1. The number of benzene rings is 1. The summed E-state index contributed by atoms with van der Waals surface area (Å²) in [5.74, 6) is 4.07. The number of aromatic nitrogens is 1. The average Bonchev–Trinajstić information content (AvgIpc) is 2.47. The standard InChI is InChI=1S/C15H12FN3O2/c16-11-9-10(3-2-8-17)6-7-12(11)19-15(21)13-4-1-5-14(20)18-13/h1,4-7,9H,8,17H2,(H,18,20)(H,19,21). The number of nitrogens with one attached hydrogen (secondary N) is 2. The highest BCUT2D eigenvalue weighted by molar-refractivity contribution is 6.02. The van der Waals surface area contributed by atoms with Crippen molar-refractivity contribution in [3.8, 4) is 11.8 Å². The molecular weight excluding hydrogens is 273 g/mol. The molecule has 0 atom stereocenters. The van der Waals surface area contributed by atoms with E-state index in [4.69, 9.17) is 5.73 Å². The van der Waals surface area contributed by atoms with Crippen molar-refractivity contribution in [2.75, 3.05) is 11.9 Å². The number of rotatable bonds is 2. The van der Waals surface area contributed by atoms with E-state index in [0.29, 0.717) is 5.56 Å². The van der Waals surface area contributed by atoms with Crippen molar-refractivity contribution in [1.82, 2.24) is 4.98 Å². The lowest BCUT2D eigenvalue weighted by molar-refractivity contribution is 0.102. The summed E-state index contributed by atoms with van der Waals surface area (Å²) >= 11 is 0. The molecule has 0 radical (unpaired) electrons. The Morgan fingerprint density at radius 1 is 1.33 bits per heavy atom. The summed E-state index contributed by atoms with van der Waals surface area (Å²) in [5, 5.41) is 2.38. The lowest BCUT2D eigenvalue weighted by Crippen LogP contribution is -2.18. The molecule has 6 heteroatoms. The van der Waals surface area contributed by atoms with Gasteiger partial charge in [-0.15, -0.1) is 0 Å². The number of hydrogen-bond donors (Lipinski definition) is 3. The quantitative estimate of drug-likeness (QED) is 0.721. The molecule has 5 nitrogen and oxygen atoms in total. The number of amides is 1. The number of carbonyl (C=O) groups excluding carboxylic acids is 1. The normalized spacial score (nSPS) is 9.62. The highest BCUT2D eigenvalue weighted by Gasteiger charge is 2.10. The van der Waals surface area contributed by atoms with Gasteiger partial charge in [-0.3, -0.25) is 9.59 Å². The summed E-state index contributed by atoms with van der Waals surface area (Å²) in [6.45, 7) is 0.182. The average molecular weight is 285 g/mol. The number of nitrogens with two attached hydrogens (primary N) is 1. The zero-order valence-electron chi connectivity index (χ0n) is 10.9. The zero-order chi connectivity index (χ0) is 15.2. The van der Waals surface area contributed by atoms with Crippen LogP contribution in [-0.4, -0.2) is 17.4 Å². The van der Waals surface area contributed by atoms with E-state index in [2.05, 4.69) is 22.1 Å². The van der Waals surface area contributed by atoms with E-state index in [1.54, 1.807) is 6.07 Å². The van der Waals surface area contributed by atoms with Crippen molar-refractivity contribution in [2.45, 2.75) is 0 Å². The summed E-state index contributed by atoms with van der Waals surface area (Å²) in [6.07, 6.45) is 0. The van der Waals surface area contributed by atoms with E-state index in [1.165, 1.54) is 30.3 Å². The van der Waals surface area contributed by atoms with Gasteiger partial charge in [-0.2, -0.15) is 0 Å². The minimum absolute atomic E-state index is 0.00278. The molecule has 0 bridgehead atoms. The molecule has 21 heavy (non-hydrogen) atoms. The Bertz CT molecular complexity index is 787. The molecule has 0 aliphatic rings. The van der Waals surface area contributed by atoms with E-state index in [1.807, 2.05) is 0 Å². The Labute approximate surface area is 120 Å². The van der Waals surface area contributed by atoms with E-state index >= 15 is 0 Å². The molecule has 0 aliphatic carbocycles. The fourth-order valence-corrected chi connectivity index (χ4v) is 1.62. The Morgan fingerprint density at radius 2 is 2.14 bits per heavy atom. The Kier molecular flexibility index (Phi) is 4.49. The van der Waals surface area contributed by atoms with Crippen LogP contribution in [0.1, 0.15) is 16.1 Å².